The number of aromatic nitrogens is 1. The van der Waals surface area contributed by atoms with Crippen molar-refractivity contribution < 1.29 is 14.6 Å². The van der Waals surface area contributed by atoms with Gasteiger partial charge in [0.05, 0.1) is 5.60 Å². The van der Waals surface area contributed by atoms with Crippen molar-refractivity contribution in [3.63, 3.8) is 0 Å². The van der Waals surface area contributed by atoms with Crippen LogP contribution in [0.2, 0.25) is 0 Å². The lowest BCUT2D eigenvalue weighted by atomic mass is 9.87. The summed E-state index contributed by atoms with van der Waals surface area (Å²) in [5.74, 6) is 0. The van der Waals surface area contributed by atoms with Crippen molar-refractivity contribution in [1.82, 2.24) is 9.88 Å². The Balaban J connectivity index is 1.90. The lowest BCUT2D eigenvalue weighted by Crippen LogP contribution is -2.49. The number of aliphatic hydroxyl groups is 1. The first-order chi connectivity index (χ1) is 10.2. The molecule has 0 atom stereocenters. The van der Waals surface area contributed by atoms with Crippen LogP contribution >= 0.6 is 0 Å². The van der Waals surface area contributed by atoms with Crippen LogP contribution in [0.15, 0.2) is 18.3 Å². The summed E-state index contributed by atoms with van der Waals surface area (Å²) in [5, 5.41) is 10.7. The van der Waals surface area contributed by atoms with Crippen LogP contribution in [-0.2, 0) is 11.2 Å². The monoisotopic (exact) mass is 306 g/mol. The molecular weight excluding hydrogens is 280 g/mol. The highest BCUT2D eigenvalue weighted by atomic mass is 16.6. The van der Waals surface area contributed by atoms with Crippen LogP contribution in [0, 0.1) is 6.92 Å². The van der Waals surface area contributed by atoms with E-state index in [0.717, 1.165) is 11.3 Å². The Morgan fingerprint density at radius 2 is 2.00 bits per heavy atom. The summed E-state index contributed by atoms with van der Waals surface area (Å²) in [6.07, 6.45) is 3.12. The van der Waals surface area contributed by atoms with E-state index in [1.54, 1.807) is 4.90 Å². The summed E-state index contributed by atoms with van der Waals surface area (Å²) in [6.45, 7) is 8.58. The fourth-order valence-electron chi connectivity index (χ4n) is 2.55. The van der Waals surface area contributed by atoms with Crippen LogP contribution < -0.4 is 0 Å². The molecule has 0 radical (unpaired) electrons. The lowest BCUT2D eigenvalue weighted by molar-refractivity contribution is -0.0319. The first-order valence-corrected chi connectivity index (χ1v) is 7.79. The van der Waals surface area contributed by atoms with E-state index >= 15 is 0 Å². The van der Waals surface area contributed by atoms with Crippen LogP contribution in [0.4, 0.5) is 4.79 Å². The van der Waals surface area contributed by atoms with E-state index in [4.69, 9.17) is 4.74 Å². The number of hydrogen-bond acceptors (Lipinski definition) is 4. The highest BCUT2D eigenvalue weighted by Gasteiger charge is 2.35. The van der Waals surface area contributed by atoms with Gasteiger partial charge in [0.1, 0.15) is 5.60 Å². The number of pyridine rings is 1. The number of rotatable bonds is 2. The molecule has 1 aromatic rings. The number of hydrogen-bond donors (Lipinski definition) is 1. The highest BCUT2D eigenvalue weighted by Crippen LogP contribution is 2.26. The smallest absolute Gasteiger partial charge is 0.410 e. The minimum absolute atomic E-state index is 0.303. The molecule has 0 unspecified atom stereocenters. The largest absolute Gasteiger partial charge is 0.444 e. The second-order valence-corrected chi connectivity index (χ2v) is 7.20. The van der Waals surface area contributed by atoms with Gasteiger partial charge in [-0.1, -0.05) is 6.07 Å². The highest BCUT2D eigenvalue weighted by molar-refractivity contribution is 5.68. The maximum absolute atomic E-state index is 12.0. The summed E-state index contributed by atoms with van der Waals surface area (Å²) >= 11 is 0. The molecular formula is C17H26N2O3. The maximum atomic E-state index is 12.0. The SMILES string of the molecule is Cc1ccc(CC2(O)CCN(C(=O)OC(C)(C)C)CC2)nc1. The topological polar surface area (TPSA) is 62.7 Å². The summed E-state index contributed by atoms with van der Waals surface area (Å²) < 4.78 is 5.37. The minimum atomic E-state index is -0.791. The van der Waals surface area contributed by atoms with Crippen molar-refractivity contribution >= 4 is 6.09 Å². The number of carbonyl (C=O) groups excluding carboxylic acids is 1. The Morgan fingerprint density at radius 3 is 2.50 bits per heavy atom. The predicted molar refractivity (Wildman–Crippen MR) is 84.7 cm³/mol. The van der Waals surface area contributed by atoms with Gasteiger partial charge in [0, 0.05) is 31.4 Å². The average molecular weight is 306 g/mol. The molecule has 122 valence electrons. The zero-order chi connectivity index (χ0) is 16.4. The summed E-state index contributed by atoms with van der Waals surface area (Å²) in [7, 11) is 0. The van der Waals surface area contributed by atoms with Gasteiger partial charge in [-0.2, -0.15) is 0 Å². The molecule has 2 heterocycles. The number of likely N-dealkylation sites (tertiary alicyclic amines) is 1. The van der Waals surface area contributed by atoms with Gasteiger partial charge >= 0.3 is 6.09 Å². The average Bonchev–Trinajstić information content (AvgIpc) is 2.40. The molecule has 1 N–H and O–H groups in total. The standard InChI is InChI=1S/C17H26N2O3/c1-13-5-6-14(18-12-13)11-17(21)7-9-19(10-8-17)15(20)22-16(2,3)4/h5-6,12,21H,7-11H2,1-4H3. The predicted octanol–water partition coefficient (Wildman–Crippen LogP) is 2.69. The minimum Gasteiger partial charge on any atom is -0.444 e. The second kappa shape index (κ2) is 6.24. The van der Waals surface area contributed by atoms with Crippen molar-refractivity contribution in [2.24, 2.45) is 0 Å². The van der Waals surface area contributed by atoms with E-state index in [1.807, 2.05) is 46.0 Å². The quantitative estimate of drug-likeness (QED) is 0.912. The third-order valence-corrected chi connectivity index (χ3v) is 3.83. The molecule has 1 fully saturated rings. The van der Waals surface area contributed by atoms with Crippen LogP contribution in [0.1, 0.15) is 44.9 Å². The zero-order valence-corrected chi connectivity index (χ0v) is 13.9. The van der Waals surface area contributed by atoms with E-state index < -0.39 is 11.2 Å². The molecule has 0 saturated carbocycles. The Labute approximate surface area is 132 Å². The van der Waals surface area contributed by atoms with Crippen LogP contribution in [0.5, 0.6) is 0 Å². The molecule has 0 bridgehead atoms. The summed E-state index contributed by atoms with van der Waals surface area (Å²) in [6, 6.07) is 3.95. The number of ether oxygens (including phenoxy) is 1. The number of carbonyl (C=O) groups is 1. The van der Waals surface area contributed by atoms with Gasteiger partial charge in [-0.25, -0.2) is 4.79 Å². The van der Waals surface area contributed by atoms with Crippen LogP contribution in [-0.4, -0.2) is 45.4 Å². The Kier molecular flexibility index (Phi) is 4.75. The van der Waals surface area contributed by atoms with Crippen molar-refractivity contribution in [2.75, 3.05) is 13.1 Å². The van der Waals surface area contributed by atoms with Gasteiger partial charge < -0.3 is 14.7 Å². The first-order valence-electron chi connectivity index (χ1n) is 7.79. The molecule has 1 saturated heterocycles. The Bertz CT molecular complexity index is 512. The van der Waals surface area contributed by atoms with Crippen molar-refractivity contribution in [2.45, 2.75) is 58.2 Å². The maximum Gasteiger partial charge on any atom is 0.410 e. The molecule has 5 nitrogen and oxygen atoms in total. The third kappa shape index (κ3) is 4.70. The van der Waals surface area contributed by atoms with Gasteiger partial charge in [-0.05, 0) is 52.2 Å². The molecule has 1 aliphatic heterocycles. The van der Waals surface area contributed by atoms with Crippen molar-refractivity contribution in [3.8, 4) is 0 Å². The van der Waals surface area contributed by atoms with E-state index in [9.17, 15) is 9.90 Å². The second-order valence-electron chi connectivity index (χ2n) is 7.20. The molecule has 1 aromatic heterocycles. The molecule has 0 spiro atoms. The number of amides is 1. The number of nitrogens with zero attached hydrogens (tertiary/aromatic N) is 2. The fourth-order valence-corrected chi connectivity index (χ4v) is 2.55. The Morgan fingerprint density at radius 1 is 1.36 bits per heavy atom. The third-order valence-electron chi connectivity index (χ3n) is 3.83. The van der Waals surface area contributed by atoms with Gasteiger partial charge in [0.25, 0.3) is 0 Å². The van der Waals surface area contributed by atoms with Crippen LogP contribution in [0.25, 0.3) is 0 Å². The lowest BCUT2D eigenvalue weighted by Gasteiger charge is -2.38. The van der Waals surface area contributed by atoms with E-state index in [2.05, 4.69) is 4.98 Å². The van der Waals surface area contributed by atoms with Gasteiger partial charge in [-0.3, -0.25) is 4.98 Å². The fraction of sp³-hybridized carbons (Fsp3) is 0.647. The van der Waals surface area contributed by atoms with Gasteiger partial charge in [-0.15, -0.1) is 0 Å². The summed E-state index contributed by atoms with van der Waals surface area (Å²) in [4.78, 5) is 18.1. The molecule has 0 aromatic carbocycles. The van der Waals surface area contributed by atoms with Crippen molar-refractivity contribution in [1.29, 1.82) is 0 Å². The number of piperidine rings is 1. The van der Waals surface area contributed by atoms with E-state index in [0.29, 0.717) is 32.4 Å². The molecule has 1 amide bonds. The molecule has 1 aliphatic rings. The zero-order valence-electron chi connectivity index (χ0n) is 13.9. The normalized spacial score (nSPS) is 18.1. The van der Waals surface area contributed by atoms with Crippen LogP contribution in [0.3, 0.4) is 0 Å². The van der Waals surface area contributed by atoms with Gasteiger partial charge in [0.2, 0.25) is 0 Å². The molecule has 22 heavy (non-hydrogen) atoms. The molecule has 0 aliphatic carbocycles. The van der Waals surface area contributed by atoms with Crippen molar-refractivity contribution in [3.05, 3.63) is 29.6 Å². The van der Waals surface area contributed by atoms with E-state index in [-0.39, 0.29) is 6.09 Å². The number of aryl methyl sites for hydroxylation is 1. The summed E-state index contributed by atoms with van der Waals surface area (Å²) in [5.41, 5.74) is 0.714. The first kappa shape index (κ1) is 16.7. The van der Waals surface area contributed by atoms with E-state index in [1.165, 1.54) is 0 Å². The molecule has 2 rings (SSSR count). The Hall–Kier alpha value is -1.62. The molecule has 5 heteroatoms. The van der Waals surface area contributed by atoms with Gasteiger partial charge in [0.15, 0.2) is 0 Å².